The van der Waals surface area contributed by atoms with Gasteiger partial charge in [0.05, 0.1) is 7.11 Å². The molecule has 0 atom stereocenters. The van der Waals surface area contributed by atoms with E-state index >= 15 is 0 Å². The minimum absolute atomic E-state index is 0.0925. The van der Waals surface area contributed by atoms with Gasteiger partial charge in [-0.3, -0.25) is 9.78 Å². The summed E-state index contributed by atoms with van der Waals surface area (Å²) >= 11 is 0. The summed E-state index contributed by atoms with van der Waals surface area (Å²) in [5.41, 5.74) is 3.43. The van der Waals surface area contributed by atoms with Gasteiger partial charge < -0.3 is 9.47 Å². The van der Waals surface area contributed by atoms with Crippen molar-refractivity contribution in [2.24, 2.45) is 0 Å². The SMILES string of the molecule is C=CCc1ccccc1OCc1cc(/C=C/C(=O)c2cccnc2)ccc1OC. The number of para-hydroxylation sites is 1. The Morgan fingerprint density at radius 1 is 1.07 bits per heavy atom. The van der Waals surface area contributed by atoms with Crippen LogP contribution in [0.15, 0.2) is 85.7 Å². The second-order valence-corrected chi connectivity index (χ2v) is 6.40. The largest absolute Gasteiger partial charge is 0.496 e. The van der Waals surface area contributed by atoms with Gasteiger partial charge in [0.15, 0.2) is 5.78 Å². The van der Waals surface area contributed by atoms with E-state index in [0.717, 1.165) is 34.6 Å². The summed E-state index contributed by atoms with van der Waals surface area (Å²) in [4.78, 5) is 16.2. The number of rotatable bonds is 9. The quantitative estimate of drug-likeness (QED) is 0.285. The first-order valence-corrected chi connectivity index (χ1v) is 9.32. The van der Waals surface area contributed by atoms with Crippen molar-refractivity contribution in [1.82, 2.24) is 4.98 Å². The lowest BCUT2D eigenvalue weighted by atomic mass is 10.1. The van der Waals surface area contributed by atoms with E-state index in [9.17, 15) is 4.79 Å². The number of carbonyl (C=O) groups is 1. The van der Waals surface area contributed by atoms with Gasteiger partial charge in [-0.1, -0.05) is 36.4 Å². The summed E-state index contributed by atoms with van der Waals surface area (Å²) in [5, 5.41) is 0. The molecule has 0 N–H and O–H groups in total. The lowest BCUT2D eigenvalue weighted by molar-refractivity contribution is 0.104. The van der Waals surface area contributed by atoms with Gasteiger partial charge in [0, 0.05) is 23.5 Å². The predicted octanol–water partition coefficient (Wildman–Crippen LogP) is 5.29. The molecule has 0 unspecified atom stereocenters. The first-order valence-electron chi connectivity index (χ1n) is 9.32. The van der Waals surface area contributed by atoms with E-state index in [-0.39, 0.29) is 5.78 Å². The Morgan fingerprint density at radius 3 is 2.69 bits per heavy atom. The predicted molar refractivity (Wildman–Crippen MR) is 115 cm³/mol. The van der Waals surface area contributed by atoms with Crippen molar-refractivity contribution in [3.05, 3.63) is 108 Å². The third kappa shape index (κ3) is 5.42. The Kier molecular flexibility index (Phi) is 6.95. The molecular formula is C25H23NO3. The van der Waals surface area contributed by atoms with Crippen LogP contribution >= 0.6 is 0 Å². The summed E-state index contributed by atoms with van der Waals surface area (Å²) in [5.74, 6) is 1.47. The highest BCUT2D eigenvalue weighted by atomic mass is 16.5. The number of hydrogen-bond donors (Lipinski definition) is 0. The molecule has 0 spiro atoms. The summed E-state index contributed by atoms with van der Waals surface area (Å²) in [6.07, 6.45) is 9.12. The number of carbonyl (C=O) groups excluding carboxylic acids is 1. The first kappa shape index (κ1) is 20.1. The Bertz CT molecular complexity index is 1010. The molecule has 146 valence electrons. The summed E-state index contributed by atoms with van der Waals surface area (Å²) in [6.45, 7) is 4.15. The fourth-order valence-corrected chi connectivity index (χ4v) is 2.92. The smallest absolute Gasteiger partial charge is 0.187 e. The minimum atomic E-state index is -0.0925. The molecule has 2 aromatic carbocycles. The van der Waals surface area contributed by atoms with E-state index < -0.39 is 0 Å². The highest BCUT2D eigenvalue weighted by molar-refractivity contribution is 6.06. The molecule has 29 heavy (non-hydrogen) atoms. The molecule has 3 aromatic rings. The molecule has 0 aliphatic heterocycles. The monoisotopic (exact) mass is 385 g/mol. The molecule has 0 aliphatic rings. The number of pyridine rings is 1. The molecule has 1 aromatic heterocycles. The molecule has 0 amide bonds. The number of nitrogens with zero attached hydrogens (tertiary/aromatic N) is 1. The van der Waals surface area contributed by atoms with Crippen LogP contribution in [0.5, 0.6) is 11.5 Å². The first-order chi connectivity index (χ1) is 14.2. The molecule has 0 saturated heterocycles. The van der Waals surface area contributed by atoms with Gasteiger partial charge in [0.25, 0.3) is 0 Å². The Morgan fingerprint density at radius 2 is 1.93 bits per heavy atom. The molecule has 4 heteroatoms. The van der Waals surface area contributed by atoms with Crippen LogP contribution in [0.3, 0.4) is 0 Å². The second kappa shape index (κ2) is 10.0. The number of hydrogen-bond acceptors (Lipinski definition) is 4. The molecule has 3 rings (SSSR count). The van der Waals surface area contributed by atoms with E-state index in [2.05, 4.69) is 11.6 Å². The third-order valence-corrected chi connectivity index (χ3v) is 4.40. The molecule has 0 saturated carbocycles. The zero-order valence-electron chi connectivity index (χ0n) is 16.4. The minimum Gasteiger partial charge on any atom is -0.496 e. The van der Waals surface area contributed by atoms with E-state index in [1.165, 1.54) is 0 Å². The average Bonchev–Trinajstić information content (AvgIpc) is 2.77. The van der Waals surface area contributed by atoms with Crippen LogP contribution in [-0.2, 0) is 13.0 Å². The summed E-state index contributed by atoms with van der Waals surface area (Å²) in [7, 11) is 1.63. The normalized spacial score (nSPS) is 10.7. The lowest BCUT2D eigenvalue weighted by Crippen LogP contribution is -2.01. The van der Waals surface area contributed by atoms with E-state index in [4.69, 9.17) is 9.47 Å². The number of allylic oxidation sites excluding steroid dienone is 2. The highest BCUT2D eigenvalue weighted by Crippen LogP contribution is 2.25. The third-order valence-electron chi connectivity index (χ3n) is 4.40. The number of ether oxygens (including phenoxy) is 2. The Balaban J connectivity index is 1.76. The van der Waals surface area contributed by atoms with E-state index in [1.807, 2.05) is 48.5 Å². The van der Waals surface area contributed by atoms with Crippen LogP contribution in [-0.4, -0.2) is 17.9 Å². The number of methoxy groups -OCH3 is 1. The van der Waals surface area contributed by atoms with Crippen LogP contribution in [0.1, 0.15) is 27.0 Å². The maximum atomic E-state index is 12.3. The van der Waals surface area contributed by atoms with Crippen molar-refractivity contribution in [3.63, 3.8) is 0 Å². The van der Waals surface area contributed by atoms with Crippen molar-refractivity contribution < 1.29 is 14.3 Å². The zero-order valence-corrected chi connectivity index (χ0v) is 16.4. The van der Waals surface area contributed by atoms with Gasteiger partial charge in [-0.05, 0) is 54.0 Å². The molecule has 1 heterocycles. The maximum absolute atomic E-state index is 12.3. The second-order valence-electron chi connectivity index (χ2n) is 6.40. The van der Waals surface area contributed by atoms with Crippen molar-refractivity contribution in [2.45, 2.75) is 13.0 Å². The van der Waals surface area contributed by atoms with Gasteiger partial charge in [-0.15, -0.1) is 6.58 Å². The van der Waals surface area contributed by atoms with Gasteiger partial charge in [-0.2, -0.15) is 0 Å². The molecule has 4 nitrogen and oxygen atoms in total. The molecule has 0 radical (unpaired) electrons. The Labute approximate surface area is 171 Å². The summed E-state index contributed by atoms with van der Waals surface area (Å²) in [6, 6.07) is 17.1. The van der Waals surface area contributed by atoms with Crippen LogP contribution in [0, 0.1) is 0 Å². The molecule has 0 aliphatic carbocycles. The van der Waals surface area contributed by atoms with Crippen LogP contribution in [0.2, 0.25) is 0 Å². The topological polar surface area (TPSA) is 48.4 Å². The van der Waals surface area contributed by atoms with Crippen LogP contribution in [0.25, 0.3) is 6.08 Å². The highest BCUT2D eigenvalue weighted by Gasteiger charge is 2.08. The maximum Gasteiger partial charge on any atom is 0.187 e. The van der Waals surface area contributed by atoms with Crippen molar-refractivity contribution in [2.75, 3.05) is 7.11 Å². The van der Waals surface area contributed by atoms with Crippen molar-refractivity contribution in [1.29, 1.82) is 0 Å². The van der Waals surface area contributed by atoms with Crippen molar-refractivity contribution in [3.8, 4) is 11.5 Å². The fourth-order valence-electron chi connectivity index (χ4n) is 2.92. The van der Waals surface area contributed by atoms with E-state index in [1.54, 1.807) is 43.8 Å². The van der Waals surface area contributed by atoms with Crippen LogP contribution in [0.4, 0.5) is 0 Å². The summed E-state index contributed by atoms with van der Waals surface area (Å²) < 4.78 is 11.5. The Hall–Kier alpha value is -3.66. The van der Waals surface area contributed by atoms with Crippen molar-refractivity contribution >= 4 is 11.9 Å². The fraction of sp³-hybridized carbons (Fsp3) is 0.120. The molecule has 0 bridgehead atoms. The number of ketones is 1. The molecule has 0 fully saturated rings. The number of benzene rings is 2. The average molecular weight is 385 g/mol. The zero-order chi connectivity index (χ0) is 20.5. The number of aromatic nitrogens is 1. The van der Waals surface area contributed by atoms with Gasteiger partial charge in [0.2, 0.25) is 0 Å². The van der Waals surface area contributed by atoms with Crippen LogP contribution < -0.4 is 9.47 Å². The van der Waals surface area contributed by atoms with Gasteiger partial charge in [0.1, 0.15) is 18.1 Å². The van der Waals surface area contributed by atoms with Gasteiger partial charge >= 0.3 is 0 Å². The standard InChI is InChI=1S/C25H23NO3/c1-3-7-20-8-4-5-10-25(20)29-18-22-16-19(12-14-24(22)28-2)11-13-23(27)21-9-6-15-26-17-21/h3-6,8-17H,1,7,18H2,2H3/b13-11+. The van der Waals surface area contributed by atoms with E-state index in [0.29, 0.717) is 12.2 Å². The van der Waals surface area contributed by atoms with Gasteiger partial charge in [-0.25, -0.2) is 0 Å². The molecular weight excluding hydrogens is 362 g/mol. The lowest BCUT2D eigenvalue weighted by Gasteiger charge is -2.13.